The molecule has 3 nitrogen and oxygen atoms in total. The topological polar surface area (TPSA) is 38.9 Å². The van der Waals surface area contributed by atoms with Crippen LogP contribution in [0.5, 0.6) is 0 Å². The zero-order valence-corrected chi connectivity index (χ0v) is 33.8. The van der Waals surface area contributed by atoms with Crippen molar-refractivity contribution in [3.8, 4) is 33.6 Å². The molecule has 5 heteroatoms. The second-order valence-corrected chi connectivity index (χ2v) is 20.3. The molecular weight excluding hydrogens is 805 g/mol. The van der Waals surface area contributed by atoms with E-state index in [-0.39, 0.29) is 25.5 Å². The van der Waals surface area contributed by atoms with Crippen LogP contribution in [0, 0.1) is 18.1 Å². The summed E-state index contributed by atoms with van der Waals surface area (Å²) in [6, 6.07) is 42.0. The molecule has 0 saturated heterocycles. The summed E-state index contributed by atoms with van der Waals surface area (Å²) in [7, 11) is -1.34. The van der Waals surface area contributed by atoms with Gasteiger partial charge in [-0.05, 0) is 63.2 Å². The number of pyridine rings is 2. The van der Waals surface area contributed by atoms with E-state index in [4.69, 9.17) is 4.42 Å². The Morgan fingerprint density at radius 1 is 0.780 bits per heavy atom. The summed E-state index contributed by atoms with van der Waals surface area (Å²) >= 11 is 0. The zero-order chi connectivity index (χ0) is 34.8. The van der Waals surface area contributed by atoms with Crippen molar-refractivity contribution in [2.24, 2.45) is 5.92 Å². The molecule has 0 amide bonds. The van der Waals surface area contributed by atoms with Crippen molar-refractivity contribution in [3.63, 3.8) is 0 Å². The number of hydrogen-bond donors (Lipinski definition) is 0. The van der Waals surface area contributed by atoms with Crippen LogP contribution in [0.2, 0.25) is 19.6 Å². The van der Waals surface area contributed by atoms with Crippen molar-refractivity contribution < 1.29 is 24.5 Å². The number of hydrogen-bond acceptors (Lipinski definition) is 3. The summed E-state index contributed by atoms with van der Waals surface area (Å²) < 4.78 is 6.35. The predicted octanol–water partition coefficient (Wildman–Crippen LogP) is 11.7. The number of nitrogens with zero attached hydrogens (tertiary/aromatic N) is 2. The summed E-state index contributed by atoms with van der Waals surface area (Å²) in [6.45, 7) is 18.4. The van der Waals surface area contributed by atoms with Gasteiger partial charge >= 0.3 is 0 Å². The smallest absolute Gasteiger partial charge is 0.121 e. The van der Waals surface area contributed by atoms with Crippen LogP contribution in [0.15, 0.2) is 120 Å². The maximum atomic E-state index is 6.35. The molecule has 0 N–H and O–H groups in total. The minimum absolute atomic E-state index is 0. The summed E-state index contributed by atoms with van der Waals surface area (Å²) in [5, 5.41) is 3.72. The van der Waals surface area contributed by atoms with E-state index in [2.05, 4.69) is 149 Å². The van der Waals surface area contributed by atoms with Gasteiger partial charge in [-0.15, -0.1) is 54.1 Å². The van der Waals surface area contributed by atoms with Gasteiger partial charge in [0.25, 0.3) is 0 Å². The van der Waals surface area contributed by atoms with Crippen LogP contribution in [0.3, 0.4) is 0 Å². The van der Waals surface area contributed by atoms with E-state index in [0.717, 1.165) is 50.9 Å². The van der Waals surface area contributed by atoms with Crippen LogP contribution in [0.4, 0.5) is 0 Å². The van der Waals surface area contributed by atoms with Gasteiger partial charge in [-0.3, -0.25) is 0 Å². The average Bonchev–Trinajstić information content (AvgIpc) is 3.47. The number of rotatable bonds is 6. The Hall–Kier alpha value is -4.15. The fourth-order valence-electron chi connectivity index (χ4n) is 6.35. The first-order valence-electron chi connectivity index (χ1n) is 17.2. The minimum Gasteiger partial charge on any atom is -0.501 e. The second kappa shape index (κ2) is 15.4. The van der Waals surface area contributed by atoms with Crippen LogP contribution in [0.1, 0.15) is 45.7 Å². The summed E-state index contributed by atoms with van der Waals surface area (Å²) in [4.78, 5) is 9.32. The first-order valence-corrected chi connectivity index (χ1v) is 20.7. The van der Waals surface area contributed by atoms with Gasteiger partial charge in [0.15, 0.2) is 0 Å². The number of fused-ring (bicyclic) bond motifs is 3. The van der Waals surface area contributed by atoms with Crippen molar-refractivity contribution in [1.29, 1.82) is 0 Å². The molecular formula is C45H46IrN2OSi-2. The van der Waals surface area contributed by atoms with Crippen LogP contribution in [-0.4, -0.2) is 18.0 Å². The Balaban J connectivity index is 0.000000204. The number of benzene rings is 4. The van der Waals surface area contributed by atoms with E-state index >= 15 is 0 Å². The number of furan rings is 1. The molecule has 0 aliphatic rings. The molecule has 257 valence electrons. The van der Waals surface area contributed by atoms with Gasteiger partial charge in [0, 0.05) is 37.9 Å². The Bertz CT molecular complexity index is 2190. The number of aromatic nitrogens is 2. The average molecular weight is 851 g/mol. The Labute approximate surface area is 312 Å². The predicted molar refractivity (Wildman–Crippen MR) is 210 cm³/mol. The Kier molecular flexibility index (Phi) is 11.4. The van der Waals surface area contributed by atoms with E-state index in [1.54, 1.807) is 0 Å². The molecule has 50 heavy (non-hydrogen) atoms. The fraction of sp³-hybridized carbons (Fsp3) is 0.244. The SMILES string of the molecule is CC(C)(C)c1ccnc(-c2[c-]ccc3c2oc2cccc(-c4ccccc4)c23)c1.CC(C)Cc1cc(-c2[c-]cccc2)ncc1[Si](C)(C)C.[Ir]. The van der Waals surface area contributed by atoms with E-state index in [0.29, 0.717) is 5.92 Å². The molecule has 3 heterocycles. The molecule has 0 saturated carbocycles. The molecule has 1 radical (unpaired) electrons. The van der Waals surface area contributed by atoms with Crippen LogP contribution in [0.25, 0.3) is 55.6 Å². The van der Waals surface area contributed by atoms with Crippen molar-refractivity contribution in [3.05, 3.63) is 139 Å². The van der Waals surface area contributed by atoms with Crippen molar-refractivity contribution in [2.45, 2.75) is 66.1 Å². The quantitative estimate of drug-likeness (QED) is 0.124. The molecule has 7 rings (SSSR count). The largest absolute Gasteiger partial charge is 0.501 e. The van der Waals surface area contributed by atoms with Gasteiger partial charge in [0.1, 0.15) is 5.58 Å². The summed E-state index contributed by atoms with van der Waals surface area (Å²) in [5.74, 6) is 0.667. The molecule has 0 fully saturated rings. The van der Waals surface area contributed by atoms with Crippen LogP contribution >= 0.6 is 0 Å². The van der Waals surface area contributed by atoms with Gasteiger partial charge in [-0.2, -0.15) is 0 Å². The third-order valence-corrected chi connectivity index (χ3v) is 10.9. The Morgan fingerprint density at radius 3 is 2.22 bits per heavy atom. The molecule has 0 aliphatic carbocycles. The molecule has 0 atom stereocenters. The third kappa shape index (κ3) is 8.24. The molecule has 3 aromatic heterocycles. The first-order chi connectivity index (χ1) is 23.4. The van der Waals surface area contributed by atoms with Crippen molar-refractivity contribution in [1.82, 2.24) is 9.97 Å². The van der Waals surface area contributed by atoms with Crippen molar-refractivity contribution in [2.75, 3.05) is 0 Å². The van der Waals surface area contributed by atoms with Crippen LogP contribution in [-0.2, 0) is 31.9 Å². The zero-order valence-electron chi connectivity index (χ0n) is 30.4. The minimum atomic E-state index is -1.34. The maximum absolute atomic E-state index is 6.35. The standard InChI is InChI=1S/C27H22NO.C18H24NSi.Ir/c1-27(2,3)19-15-16-28-23(17-19)21-12-7-13-22-25-20(18-9-5-4-6-10-18)11-8-14-24(25)29-26(21)22;1-14(2)11-16-12-17(15-9-7-6-8-10-15)19-13-18(16)20(3,4)5;/h4-11,13-17H,1-3H3;6-9,12-14H,11H2,1-5H3;/q2*-1;. The van der Waals surface area contributed by atoms with Gasteiger partial charge in [0.05, 0.1) is 13.7 Å². The maximum Gasteiger partial charge on any atom is 0.121 e. The molecule has 0 spiro atoms. The summed E-state index contributed by atoms with van der Waals surface area (Å²) in [6.07, 6.45) is 5.11. The molecule has 4 aromatic carbocycles. The van der Waals surface area contributed by atoms with E-state index in [1.807, 2.05) is 42.6 Å². The van der Waals surface area contributed by atoms with E-state index in [9.17, 15) is 0 Å². The first kappa shape index (κ1) is 37.1. The molecule has 0 unspecified atom stereocenters. The van der Waals surface area contributed by atoms with Crippen molar-refractivity contribution >= 4 is 35.2 Å². The van der Waals surface area contributed by atoms with Crippen LogP contribution < -0.4 is 5.19 Å². The molecule has 0 bridgehead atoms. The fourth-order valence-corrected chi connectivity index (χ4v) is 7.94. The second-order valence-electron chi connectivity index (χ2n) is 15.3. The monoisotopic (exact) mass is 851 g/mol. The molecule has 0 aliphatic heterocycles. The van der Waals surface area contributed by atoms with E-state index < -0.39 is 8.07 Å². The summed E-state index contributed by atoms with van der Waals surface area (Å²) in [5.41, 5.74) is 10.8. The molecule has 7 aromatic rings. The normalized spacial score (nSPS) is 11.7. The van der Waals surface area contributed by atoms with E-state index in [1.165, 1.54) is 27.4 Å². The van der Waals surface area contributed by atoms with Gasteiger partial charge in [-0.25, -0.2) is 0 Å². The Morgan fingerprint density at radius 2 is 1.54 bits per heavy atom. The van der Waals surface area contributed by atoms with Gasteiger partial charge in [-0.1, -0.05) is 125 Å². The third-order valence-electron chi connectivity index (χ3n) is 8.83. The van der Waals surface area contributed by atoms with Gasteiger partial charge < -0.3 is 14.4 Å². The van der Waals surface area contributed by atoms with Gasteiger partial charge in [0.2, 0.25) is 0 Å².